The molecule has 0 radical (unpaired) electrons. The zero-order valence-corrected chi connectivity index (χ0v) is 13.3. The molecule has 1 fully saturated rings. The Morgan fingerprint density at radius 1 is 1.29 bits per heavy atom. The van der Waals surface area contributed by atoms with Crippen LogP contribution in [0, 0.1) is 5.92 Å². The maximum absolute atomic E-state index is 12.3. The molecule has 1 unspecified atom stereocenters. The number of amides is 1. The zero-order valence-electron chi connectivity index (χ0n) is 12.5. The number of carbonyl (C=O) groups excluding carboxylic acids is 1. The zero-order chi connectivity index (χ0) is 15.3. The lowest BCUT2D eigenvalue weighted by Crippen LogP contribution is -2.34. The quantitative estimate of drug-likeness (QED) is 0.806. The lowest BCUT2D eigenvalue weighted by atomic mass is 10.0. The van der Waals surface area contributed by atoms with Gasteiger partial charge >= 0.3 is 0 Å². The van der Waals surface area contributed by atoms with Crippen LogP contribution in [0.4, 0.5) is 0 Å². The number of rotatable bonds is 6. The molecule has 1 aromatic carbocycles. The van der Waals surface area contributed by atoms with Gasteiger partial charge in [0.2, 0.25) is 5.91 Å². The minimum atomic E-state index is -2.90. The van der Waals surface area contributed by atoms with Crippen molar-refractivity contribution in [1.82, 2.24) is 4.90 Å². The Kier molecular flexibility index (Phi) is 5.39. The van der Waals surface area contributed by atoms with Gasteiger partial charge in [0.1, 0.15) is 0 Å². The summed E-state index contributed by atoms with van der Waals surface area (Å²) in [5.74, 6) is 0.500. The highest BCUT2D eigenvalue weighted by molar-refractivity contribution is 7.91. The highest BCUT2D eigenvalue weighted by Gasteiger charge is 2.30. The van der Waals surface area contributed by atoms with Gasteiger partial charge in [-0.2, -0.15) is 0 Å². The fourth-order valence-electron chi connectivity index (χ4n) is 2.78. The van der Waals surface area contributed by atoms with E-state index in [1.54, 1.807) is 0 Å². The van der Waals surface area contributed by atoms with Crippen molar-refractivity contribution < 1.29 is 13.2 Å². The highest BCUT2D eigenvalue weighted by atomic mass is 32.2. The lowest BCUT2D eigenvalue weighted by Gasteiger charge is -2.22. The molecule has 21 heavy (non-hydrogen) atoms. The molecule has 0 saturated carbocycles. The molecule has 1 amide bonds. The van der Waals surface area contributed by atoms with Gasteiger partial charge < -0.3 is 4.90 Å². The van der Waals surface area contributed by atoms with Crippen LogP contribution in [0.3, 0.4) is 0 Å². The number of benzene rings is 1. The van der Waals surface area contributed by atoms with Crippen LogP contribution in [-0.2, 0) is 21.1 Å². The molecule has 1 aliphatic rings. The number of nitrogens with zero attached hydrogens (tertiary/aromatic N) is 1. The Morgan fingerprint density at radius 3 is 2.57 bits per heavy atom. The fourth-order valence-corrected chi connectivity index (χ4v) is 4.64. The second kappa shape index (κ2) is 7.07. The molecule has 1 heterocycles. The summed E-state index contributed by atoms with van der Waals surface area (Å²) in [5, 5.41) is 0. The third-order valence-electron chi connectivity index (χ3n) is 4.04. The SMILES string of the molecule is CCN(CCc1ccccc1)C(=O)CC1CCS(=O)(=O)C1. The minimum Gasteiger partial charge on any atom is -0.343 e. The number of carbonyl (C=O) groups is 1. The van der Waals surface area contributed by atoms with Crippen LogP contribution < -0.4 is 0 Å². The maximum atomic E-state index is 12.3. The lowest BCUT2D eigenvalue weighted by molar-refractivity contribution is -0.131. The van der Waals surface area contributed by atoms with Crippen molar-refractivity contribution in [3.8, 4) is 0 Å². The molecule has 0 aromatic heterocycles. The van der Waals surface area contributed by atoms with Crippen molar-refractivity contribution in [2.45, 2.75) is 26.2 Å². The summed E-state index contributed by atoms with van der Waals surface area (Å²) in [6.45, 7) is 3.33. The van der Waals surface area contributed by atoms with E-state index < -0.39 is 9.84 Å². The Balaban J connectivity index is 1.84. The van der Waals surface area contributed by atoms with Gasteiger partial charge in [0, 0.05) is 19.5 Å². The summed E-state index contributed by atoms with van der Waals surface area (Å²) < 4.78 is 22.9. The Bertz CT molecular complexity index is 568. The van der Waals surface area contributed by atoms with Crippen molar-refractivity contribution in [3.05, 3.63) is 35.9 Å². The van der Waals surface area contributed by atoms with E-state index in [-0.39, 0.29) is 23.3 Å². The maximum Gasteiger partial charge on any atom is 0.222 e. The minimum absolute atomic E-state index is 0.00766. The molecule has 1 saturated heterocycles. The number of likely N-dealkylation sites (N-methyl/N-ethyl adjacent to an activating group) is 1. The molecule has 116 valence electrons. The van der Waals surface area contributed by atoms with Crippen molar-refractivity contribution in [2.75, 3.05) is 24.6 Å². The van der Waals surface area contributed by atoms with Gasteiger partial charge in [0.05, 0.1) is 11.5 Å². The van der Waals surface area contributed by atoms with Crippen LogP contribution in [0.25, 0.3) is 0 Å². The number of hydrogen-bond donors (Lipinski definition) is 0. The second-order valence-electron chi connectivity index (χ2n) is 5.68. The molecule has 2 rings (SSSR count). The van der Waals surface area contributed by atoms with E-state index in [0.29, 0.717) is 25.9 Å². The first kappa shape index (κ1) is 16.0. The summed E-state index contributed by atoms with van der Waals surface area (Å²) in [6.07, 6.45) is 1.83. The normalized spacial score (nSPS) is 20.3. The first-order chi connectivity index (χ1) is 10.00. The van der Waals surface area contributed by atoms with Crippen LogP contribution in [0.2, 0.25) is 0 Å². The van der Waals surface area contributed by atoms with Crippen molar-refractivity contribution in [3.63, 3.8) is 0 Å². The van der Waals surface area contributed by atoms with Gasteiger partial charge in [-0.05, 0) is 31.2 Å². The third kappa shape index (κ3) is 4.84. The van der Waals surface area contributed by atoms with Crippen LogP contribution in [0.15, 0.2) is 30.3 Å². The molecule has 5 heteroatoms. The Morgan fingerprint density at radius 2 is 2.00 bits per heavy atom. The van der Waals surface area contributed by atoms with Crippen molar-refractivity contribution in [1.29, 1.82) is 0 Å². The molecule has 0 spiro atoms. The molecule has 0 bridgehead atoms. The van der Waals surface area contributed by atoms with Crippen LogP contribution >= 0.6 is 0 Å². The molecule has 1 atom stereocenters. The van der Waals surface area contributed by atoms with Gasteiger partial charge in [0.25, 0.3) is 0 Å². The van der Waals surface area contributed by atoms with E-state index in [9.17, 15) is 13.2 Å². The smallest absolute Gasteiger partial charge is 0.222 e. The van der Waals surface area contributed by atoms with Gasteiger partial charge in [-0.25, -0.2) is 8.42 Å². The Labute approximate surface area is 127 Å². The molecule has 1 aromatic rings. The monoisotopic (exact) mass is 309 g/mol. The molecule has 0 N–H and O–H groups in total. The first-order valence-corrected chi connectivity index (χ1v) is 9.34. The number of hydrogen-bond acceptors (Lipinski definition) is 3. The molecular formula is C16H23NO3S. The summed E-state index contributed by atoms with van der Waals surface area (Å²) in [7, 11) is -2.90. The number of sulfone groups is 1. The third-order valence-corrected chi connectivity index (χ3v) is 5.87. The van der Waals surface area contributed by atoms with Gasteiger partial charge in [-0.3, -0.25) is 4.79 Å². The summed E-state index contributed by atoms with van der Waals surface area (Å²) in [5.41, 5.74) is 1.21. The topological polar surface area (TPSA) is 54.5 Å². The second-order valence-corrected chi connectivity index (χ2v) is 7.91. The van der Waals surface area contributed by atoms with Crippen LogP contribution in [-0.4, -0.2) is 43.8 Å². The largest absolute Gasteiger partial charge is 0.343 e. The first-order valence-electron chi connectivity index (χ1n) is 7.52. The van der Waals surface area contributed by atoms with Gasteiger partial charge in [0.15, 0.2) is 9.84 Å². The van der Waals surface area contributed by atoms with E-state index in [1.165, 1.54) is 5.56 Å². The van der Waals surface area contributed by atoms with Gasteiger partial charge in [-0.15, -0.1) is 0 Å². The van der Waals surface area contributed by atoms with E-state index in [4.69, 9.17) is 0 Å². The Hall–Kier alpha value is -1.36. The highest BCUT2D eigenvalue weighted by Crippen LogP contribution is 2.22. The van der Waals surface area contributed by atoms with Crippen LogP contribution in [0.5, 0.6) is 0 Å². The van der Waals surface area contributed by atoms with E-state index >= 15 is 0 Å². The summed E-state index contributed by atoms with van der Waals surface area (Å²) in [4.78, 5) is 14.1. The molecule has 0 aliphatic carbocycles. The van der Waals surface area contributed by atoms with Gasteiger partial charge in [-0.1, -0.05) is 30.3 Å². The fraction of sp³-hybridized carbons (Fsp3) is 0.562. The summed E-state index contributed by atoms with van der Waals surface area (Å²) in [6, 6.07) is 10.1. The van der Waals surface area contributed by atoms with E-state index in [0.717, 1.165) is 6.42 Å². The molecule has 4 nitrogen and oxygen atoms in total. The van der Waals surface area contributed by atoms with Crippen molar-refractivity contribution in [2.24, 2.45) is 5.92 Å². The average Bonchev–Trinajstić information content (AvgIpc) is 2.79. The predicted molar refractivity (Wildman–Crippen MR) is 83.8 cm³/mol. The molecule has 1 aliphatic heterocycles. The summed E-state index contributed by atoms with van der Waals surface area (Å²) >= 11 is 0. The average molecular weight is 309 g/mol. The van der Waals surface area contributed by atoms with Crippen LogP contribution in [0.1, 0.15) is 25.3 Å². The van der Waals surface area contributed by atoms with E-state index in [2.05, 4.69) is 12.1 Å². The van der Waals surface area contributed by atoms with E-state index in [1.807, 2.05) is 30.0 Å². The predicted octanol–water partition coefficient (Wildman–Crippen LogP) is 1.90. The van der Waals surface area contributed by atoms with Crippen molar-refractivity contribution >= 4 is 15.7 Å². The standard InChI is InChI=1S/C16H23NO3S/c1-2-17(10-8-14-6-4-3-5-7-14)16(18)12-15-9-11-21(19,20)13-15/h3-7,15H,2,8-13H2,1H3. The molecular weight excluding hydrogens is 286 g/mol.